The predicted molar refractivity (Wildman–Crippen MR) is 69.7 cm³/mol. The van der Waals surface area contributed by atoms with Gasteiger partial charge in [-0.2, -0.15) is 0 Å². The van der Waals surface area contributed by atoms with E-state index in [1.54, 1.807) is 0 Å². The highest BCUT2D eigenvalue weighted by Gasteiger charge is 2.44. The molecule has 0 aliphatic heterocycles. The van der Waals surface area contributed by atoms with Crippen molar-refractivity contribution in [2.75, 3.05) is 0 Å². The third-order valence-electron chi connectivity index (χ3n) is 3.43. The van der Waals surface area contributed by atoms with E-state index < -0.39 is 0 Å². The molecule has 1 aliphatic rings. The van der Waals surface area contributed by atoms with E-state index in [1.165, 1.54) is 0 Å². The summed E-state index contributed by atoms with van der Waals surface area (Å²) in [5.41, 5.74) is 8.92. The van der Waals surface area contributed by atoms with Gasteiger partial charge < -0.3 is 10.8 Å². The Bertz CT molecular complexity index is 436. The van der Waals surface area contributed by atoms with Gasteiger partial charge in [0.2, 0.25) is 0 Å². The van der Waals surface area contributed by atoms with E-state index in [1.807, 2.05) is 13.0 Å². The highest BCUT2D eigenvalue weighted by molar-refractivity contribution is 9.10. The Morgan fingerprint density at radius 2 is 2.00 bits per heavy atom. The Morgan fingerprint density at radius 3 is 2.44 bits per heavy atom. The molecule has 16 heavy (non-hydrogen) atoms. The van der Waals surface area contributed by atoms with Crippen molar-refractivity contribution < 1.29 is 5.11 Å². The normalized spacial score (nSPS) is 17.9. The number of phenolic OH excluding ortho intramolecular Hbond substituents is 1. The fourth-order valence-electron chi connectivity index (χ4n) is 2.19. The van der Waals surface area contributed by atoms with Gasteiger partial charge in [-0.05, 0) is 42.9 Å². The van der Waals surface area contributed by atoms with Crippen molar-refractivity contribution in [1.82, 2.24) is 0 Å². The molecule has 1 aromatic rings. The maximum absolute atomic E-state index is 10.3. The second kappa shape index (κ2) is 3.74. The molecule has 2 rings (SSSR count). The van der Waals surface area contributed by atoms with Gasteiger partial charge in [-0.25, -0.2) is 0 Å². The zero-order valence-electron chi connectivity index (χ0n) is 9.97. The lowest BCUT2D eigenvalue weighted by Crippen LogP contribution is -2.21. The molecular weight excluding hydrogens is 266 g/mol. The molecule has 0 saturated heterocycles. The number of halogens is 1. The molecule has 0 aromatic heterocycles. The zero-order valence-corrected chi connectivity index (χ0v) is 11.6. The molecule has 3 N–H and O–H groups in total. The van der Waals surface area contributed by atoms with Gasteiger partial charge >= 0.3 is 0 Å². The highest BCUT2D eigenvalue weighted by atomic mass is 79.9. The molecule has 0 radical (unpaired) electrons. The summed E-state index contributed by atoms with van der Waals surface area (Å²) >= 11 is 3.55. The highest BCUT2D eigenvalue weighted by Crippen LogP contribution is 2.50. The minimum atomic E-state index is -0.290. The van der Waals surface area contributed by atoms with Gasteiger partial charge in [-0.1, -0.05) is 29.8 Å². The number of nitrogens with two attached hydrogens (primary N) is 1. The lowest BCUT2D eigenvalue weighted by molar-refractivity contribution is 0.448. The van der Waals surface area contributed by atoms with Crippen LogP contribution in [-0.4, -0.2) is 5.11 Å². The molecule has 0 unspecified atom stereocenters. The van der Waals surface area contributed by atoms with Crippen LogP contribution in [0.3, 0.4) is 0 Å². The molecule has 3 heteroatoms. The van der Waals surface area contributed by atoms with E-state index >= 15 is 0 Å². The predicted octanol–water partition coefficient (Wildman–Crippen LogP) is 3.53. The standard InChI is InChI=1S/C13H18BrNO/c1-7(2)9-6-10(14)8(3)11(12(9)16)13(15)4-5-13/h6-7,16H,4-5,15H2,1-3H3. The molecule has 88 valence electrons. The van der Waals surface area contributed by atoms with Crippen molar-refractivity contribution in [2.24, 2.45) is 5.73 Å². The molecule has 0 bridgehead atoms. The molecule has 0 atom stereocenters. The van der Waals surface area contributed by atoms with Crippen molar-refractivity contribution in [2.45, 2.75) is 45.1 Å². The third-order valence-corrected chi connectivity index (χ3v) is 4.26. The van der Waals surface area contributed by atoms with E-state index in [0.717, 1.165) is 34.0 Å². The number of phenols is 1. The van der Waals surface area contributed by atoms with E-state index in [4.69, 9.17) is 5.73 Å². The van der Waals surface area contributed by atoms with E-state index in [-0.39, 0.29) is 5.54 Å². The first kappa shape index (κ1) is 11.9. The fraction of sp³-hybridized carbons (Fsp3) is 0.538. The molecule has 1 saturated carbocycles. The van der Waals surface area contributed by atoms with Gasteiger partial charge in [-0.3, -0.25) is 0 Å². The molecule has 1 fully saturated rings. The maximum atomic E-state index is 10.3. The van der Waals surface area contributed by atoms with Gasteiger partial charge in [0, 0.05) is 15.6 Å². The maximum Gasteiger partial charge on any atom is 0.124 e. The van der Waals surface area contributed by atoms with Crippen LogP contribution in [0.25, 0.3) is 0 Å². The van der Waals surface area contributed by atoms with Crippen LogP contribution in [0.4, 0.5) is 0 Å². The second-order valence-electron chi connectivity index (χ2n) is 5.11. The van der Waals surface area contributed by atoms with Crippen molar-refractivity contribution in [3.8, 4) is 5.75 Å². The number of hydrogen-bond donors (Lipinski definition) is 2. The largest absolute Gasteiger partial charge is 0.507 e. The molecule has 0 amide bonds. The van der Waals surface area contributed by atoms with Gasteiger partial charge in [-0.15, -0.1) is 0 Å². The van der Waals surface area contributed by atoms with Gasteiger partial charge in [0.15, 0.2) is 0 Å². The summed E-state index contributed by atoms with van der Waals surface area (Å²) in [5.74, 6) is 0.703. The zero-order chi connectivity index (χ0) is 12.1. The van der Waals surface area contributed by atoms with Crippen LogP contribution < -0.4 is 5.73 Å². The molecule has 2 nitrogen and oxygen atoms in total. The first-order chi connectivity index (χ1) is 7.37. The molecule has 0 heterocycles. The van der Waals surface area contributed by atoms with Crippen molar-refractivity contribution in [3.05, 3.63) is 27.2 Å². The van der Waals surface area contributed by atoms with E-state index in [0.29, 0.717) is 11.7 Å². The summed E-state index contributed by atoms with van der Waals surface area (Å²) in [4.78, 5) is 0. The van der Waals surface area contributed by atoms with Gasteiger partial charge in [0.1, 0.15) is 5.75 Å². The molecule has 1 aliphatic carbocycles. The summed E-state index contributed by atoms with van der Waals surface area (Å²) < 4.78 is 1.04. The van der Waals surface area contributed by atoms with Crippen LogP contribution in [0, 0.1) is 6.92 Å². The van der Waals surface area contributed by atoms with Crippen molar-refractivity contribution >= 4 is 15.9 Å². The van der Waals surface area contributed by atoms with E-state index in [9.17, 15) is 5.11 Å². The summed E-state index contributed by atoms with van der Waals surface area (Å²) in [6.45, 7) is 6.17. The first-order valence-corrected chi connectivity index (χ1v) is 6.47. The lowest BCUT2D eigenvalue weighted by atomic mass is 9.91. The van der Waals surface area contributed by atoms with Crippen LogP contribution in [0.15, 0.2) is 10.5 Å². The minimum Gasteiger partial charge on any atom is -0.507 e. The summed E-state index contributed by atoms with van der Waals surface area (Å²) in [6, 6.07) is 2.00. The number of hydrogen-bond acceptors (Lipinski definition) is 2. The van der Waals surface area contributed by atoms with Gasteiger partial charge in [0.05, 0.1) is 0 Å². The summed E-state index contributed by atoms with van der Waals surface area (Å²) in [5, 5.41) is 10.3. The average molecular weight is 284 g/mol. The number of rotatable bonds is 2. The third kappa shape index (κ3) is 1.76. The summed E-state index contributed by atoms with van der Waals surface area (Å²) in [7, 11) is 0. The smallest absolute Gasteiger partial charge is 0.124 e. The summed E-state index contributed by atoms with van der Waals surface area (Å²) in [6.07, 6.45) is 1.94. The monoisotopic (exact) mass is 283 g/mol. The van der Waals surface area contributed by atoms with Crippen LogP contribution >= 0.6 is 15.9 Å². The number of aromatic hydroxyl groups is 1. The Hall–Kier alpha value is -0.540. The van der Waals surface area contributed by atoms with Crippen molar-refractivity contribution in [3.63, 3.8) is 0 Å². The Morgan fingerprint density at radius 1 is 1.44 bits per heavy atom. The number of benzene rings is 1. The molecule has 0 spiro atoms. The SMILES string of the molecule is Cc1c(Br)cc(C(C)C)c(O)c1C1(N)CC1. The first-order valence-electron chi connectivity index (χ1n) is 5.68. The van der Waals surface area contributed by atoms with Gasteiger partial charge in [0.25, 0.3) is 0 Å². The Kier molecular flexibility index (Phi) is 2.79. The van der Waals surface area contributed by atoms with Crippen LogP contribution in [0.1, 0.15) is 49.3 Å². The molecule has 1 aromatic carbocycles. The van der Waals surface area contributed by atoms with Crippen LogP contribution in [-0.2, 0) is 5.54 Å². The van der Waals surface area contributed by atoms with Crippen LogP contribution in [0.2, 0.25) is 0 Å². The topological polar surface area (TPSA) is 46.2 Å². The van der Waals surface area contributed by atoms with Crippen molar-refractivity contribution in [1.29, 1.82) is 0 Å². The average Bonchev–Trinajstić information content (AvgIpc) is 2.90. The second-order valence-corrected chi connectivity index (χ2v) is 5.96. The quantitative estimate of drug-likeness (QED) is 0.872. The van der Waals surface area contributed by atoms with E-state index in [2.05, 4.69) is 29.8 Å². The van der Waals surface area contributed by atoms with Crippen LogP contribution in [0.5, 0.6) is 5.75 Å². The molecular formula is C13H18BrNO. The lowest BCUT2D eigenvalue weighted by Gasteiger charge is -2.20. The fourth-order valence-corrected chi connectivity index (χ4v) is 2.63. The Balaban J connectivity index is 2.66. The minimum absolute atomic E-state index is 0.290. The Labute approximate surface area is 105 Å².